The van der Waals surface area contributed by atoms with Crippen molar-refractivity contribution in [2.45, 2.75) is 270 Å². The van der Waals surface area contributed by atoms with Gasteiger partial charge >= 0.3 is 17.9 Å². The second kappa shape index (κ2) is 72.0. The average Bonchev–Trinajstić information content (AvgIpc) is 3.31. The standard InChI is InChI=1S/3C14H28O2.3C3H8O3/c3*1-2-3-4-5-6-7-8-9-10-11-12-13-14(15)16;3*4-1-3(6)2-5/h3*2-13H2,1H3,(H,15,16);3*3-6H,1-2H2. The second-order valence-electron chi connectivity index (χ2n) is 17.1. The van der Waals surface area contributed by atoms with E-state index in [2.05, 4.69) is 20.8 Å². The molecule has 0 amide bonds. The molecule has 0 radical (unpaired) electrons. The number of rotatable bonds is 42. The predicted molar refractivity (Wildman–Crippen MR) is 267 cm³/mol. The van der Waals surface area contributed by atoms with E-state index in [9.17, 15) is 14.4 Å². The molecule has 0 unspecified atom stereocenters. The highest BCUT2D eigenvalue weighted by Gasteiger charge is 2.00. The van der Waals surface area contributed by atoms with Crippen LogP contribution in [0.2, 0.25) is 0 Å². The molecule has 12 N–H and O–H groups in total. The number of hydrogen-bond acceptors (Lipinski definition) is 12. The van der Waals surface area contributed by atoms with Crippen LogP contribution in [0.15, 0.2) is 0 Å². The Morgan fingerprint density at radius 3 is 0.470 bits per heavy atom. The Morgan fingerprint density at radius 1 is 0.258 bits per heavy atom. The van der Waals surface area contributed by atoms with Crippen LogP contribution in [0.5, 0.6) is 0 Å². The number of aliphatic hydroxyl groups excluding tert-OH is 9. The summed E-state index contributed by atoms with van der Waals surface area (Å²) in [4.78, 5) is 30.8. The van der Waals surface area contributed by atoms with Crippen LogP contribution in [0.3, 0.4) is 0 Å². The largest absolute Gasteiger partial charge is 0.481 e. The summed E-state index contributed by atoms with van der Waals surface area (Å²) in [6.07, 6.45) is 40.2. The lowest BCUT2D eigenvalue weighted by atomic mass is 10.1. The molecule has 0 atom stereocenters. The van der Waals surface area contributed by atoms with Crippen LogP contribution in [0.1, 0.15) is 252 Å². The van der Waals surface area contributed by atoms with Crippen LogP contribution < -0.4 is 0 Å². The van der Waals surface area contributed by atoms with Crippen LogP contribution >= 0.6 is 0 Å². The Morgan fingerprint density at radius 2 is 0.379 bits per heavy atom. The number of aliphatic hydroxyl groups is 9. The first-order valence-electron chi connectivity index (χ1n) is 26.1. The molecule has 0 bridgehead atoms. The van der Waals surface area contributed by atoms with Gasteiger partial charge in [0, 0.05) is 19.3 Å². The minimum atomic E-state index is -0.954. The third kappa shape index (κ3) is 96.1. The highest BCUT2D eigenvalue weighted by molar-refractivity contribution is 5.67. The fraction of sp³-hybridized carbons (Fsp3) is 0.941. The Labute approximate surface area is 402 Å². The van der Waals surface area contributed by atoms with Gasteiger partial charge in [-0.25, -0.2) is 0 Å². The molecule has 0 saturated heterocycles. The topological polar surface area (TPSA) is 294 Å². The van der Waals surface area contributed by atoms with Gasteiger partial charge in [-0.15, -0.1) is 0 Å². The van der Waals surface area contributed by atoms with Gasteiger partial charge in [-0.1, -0.05) is 213 Å². The van der Waals surface area contributed by atoms with E-state index in [-0.39, 0.29) is 39.6 Å². The molecule has 0 aliphatic rings. The number of carboxylic acid groups (broad SMARTS) is 3. The van der Waals surface area contributed by atoms with E-state index in [1.54, 1.807) is 0 Å². The van der Waals surface area contributed by atoms with E-state index < -0.39 is 36.2 Å². The van der Waals surface area contributed by atoms with Gasteiger partial charge in [0.05, 0.1) is 39.6 Å². The van der Waals surface area contributed by atoms with Crippen LogP contribution in [0, 0.1) is 0 Å². The van der Waals surface area contributed by atoms with Gasteiger partial charge in [0.1, 0.15) is 18.3 Å². The summed E-state index contributed by atoms with van der Waals surface area (Å²) in [5.41, 5.74) is 0. The van der Waals surface area contributed by atoms with E-state index in [4.69, 9.17) is 61.3 Å². The molecule has 402 valence electrons. The molecule has 0 aromatic heterocycles. The van der Waals surface area contributed by atoms with Crippen LogP contribution in [-0.4, -0.2) is 137 Å². The van der Waals surface area contributed by atoms with Gasteiger partial charge in [0.15, 0.2) is 0 Å². The number of aliphatic carboxylic acids is 3. The summed E-state index contributed by atoms with van der Waals surface area (Å²) in [7, 11) is 0. The van der Waals surface area contributed by atoms with Gasteiger partial charge in [0.25, 0.3) is 0 Å². The fourth-order valence-electron chi connectivity index (χ4n) is 5.99. The van der Waals surface area contributed by atoms with Crippen molar-refractivity contribution in [3.8, 4) is 0 Å². The zero-order chi connectivity index (χ0) is 51.2. The van der Waals surface area contributed by atoms with Crippen LogP contribution in [0.4, 0.5) is 0 Å². The van der Waals surface area contributed by atoms with Crippen LogP contribution in [-0.2, 0) is 14.4 Å². The molecule has 0 aromatic rings. The maximum absolute atomic E-state index is 10.3. The quantitative estimate of drug-likeness (QED) is 0.0254. The van der Waals surface area contributed by atoms with Crippen molar-refractivity contribution < 1.29 is 75.7 Å². The minimum absolute atomic E-state index is 0.344. The summed E-state index contributed by atoms with van der Waals surface area (Å²) in [5.74, 6) is -1.97. The van der Waals surface area contributed by atoms with Crippen molar-refractivity contribution in [3.05, 3.63) is 0 Å². The summed E-state index contributed by atoms with van der Waals surface area (Å²) in [6.45, 7) is 4.55. The molecule has 0 heterocycles. The highest BCUT2D eigenvalue weighted by Crippen LogP contribution is 2.14. The van der Waals surface area contributed by atoms with Crippen molar-refractivity contribution in [2.24, 2.45) is 0 Å². The van der Waals surface area contributed by atoms with Crippen molar-refractivity contribution in [1.82, 2.24) is 0 Å². The van der Waals surface area contributed by atoms with Gasteiger partial charge < -0.3 is 61.3 Å². The number of unbranched alkanes of at least 4 members (excludes halogenated alkanes) is 30. The molecule has 66 heavy (non-hydrogen) atoms. The van der Waals surface area contributed by atoms with E-state index in [0.29, 0.717) is 19.3 Å². The monoisotopic (exact) mass is 961 g/mol. The summed E-state index contributed by atoms with van der Waals surface area (Å²) >= 11 is 0. The summed E-state index contributed by atoms with van der Waals surface area (Å²) < 4.78 is 0. The number of carbonyl (C=O) groups is 3. The Hall–Kier alpha value is -1.95. The molecule has 0 aliphatic heterocycles. The molecular formula is C51H108O15. The second-order valence-corrected chi connectivity index (χ2v) is 17.1. The third-order valence-electron chi connectivity index (χ3n) is 10.2. The Balaban J connectivity index is -0.000000172. The summed E-state index contributed by atoms with van der Waals surface area (Å²) in [5, 5.41) is 97.4. The van der Waals surface area contributed by atoms with E-state index >= 15 is 0 Å². The van der Waals surface area contributed by atoms with Crippen molar-refractivity contribution in [2.75, 3.05) is 39.6 Å². The van der Waals surface area contributed by atoms with Gasteiger partial charge in [-0.3, -0.25) is 14.4 Å². The molecule has 15 nitrogen and oxygen atoms in total. The SMILES string of the molecule is CCCCCCCCCCCCCC(=O)O.CCCCCCCCCCCCCC(=O)O.CCCCCCCCCCCCCC(=O)O.OCC(O)CO.OCC(O)CO.OCC(O)CO. The zero-order valence-electron chi connectivity index (χ0n) is 42.5. The van der Waals surface area contributed by atoms with Crippen molar-refractivity contribution in [1.29, 1.82) is 0 Å². The molecule has 0 rings (SSSR count). The predicted octanol–water partition coefficient (Wildman–Crippen LogP) is 9.31. The first kappa shape index (κ1) is 75.6. The average molecular weight is 961 g/mol. The highest BCUT2D eigenvalue weighted by atomic mass is 16.4. The lowest BCUT2D eigenvalue weighted by Gasteiger charge is -2.01. The van der Waals surface area contributed by atoms with Gasteiger partial charge in [-0.2, -0.15) is 0 Å². The zero-order valence-corrected chi connectivity index (χ0v) is 42.5. The van der Waals surface area contributed by atoms with E-state index in [1.807, 2.05) is 0 Å². The lowest BCUT2D eigenvalue weighted by molar-refractivity contribution is -0.138. The van der Waals surface area contributed by atoms with E-state index in [1.165, 1.54) is 173 Å². The van der Waals surface area contributed by atoms with Crippen LogP contribution in [0.25, 0.3) is 0 Å². The lowest BCUT2D eigenvalue weighted by Crippen LogP contribution is -2.15. The molecule has 15 heteroatoms. The Kier molecular flexibility index (Phi) is 82.5. The number of hydrogen-bond donors (Lipinski definition) is 12. The summed E-state index contributed by atoms with van der Waals surface area (Å²) in [6, 6.07) is 0. The van der Waals surface area contributed by atoms with Crippen molar-refractivity contribution in [3.63, 3.8) is 0 Å². The normalized spacial score (nSPS) is 10.4. The van der Waals surface area contributed by atoms with Crippen molar-refractivity contribution >= 4 is 17.9 Å². The first-order valence-corrected chi connectivity index (χ1v) is 26.1. The van der Waals surface area contributed by atoms with Gasteiger partial charge in [-0.05, 0) is 19.3 Å². The maximum Gasteiger partial charge on any atom is 0.303 e. The van der Waals surface area contributed by atoms with E-state index in [0.717, 1.165) is 38.5 Å². The maximum atomic E-state index is 10.3. The fourth-order valence-corrected chi connectivity index (χ4v) is 5.99. The molecule has 0 aromatic carbocycles. The number of carboxylic acids is 3. The molecule has 0 aliphatic carbocycles. The molecule has 0 fully saturated rings. The molecule has 0 spiro atoms. The third-order valence-corrected chi connectivity index (χ3v) is 10.2. The minimum Gasteiger partial charge on any atom is -0.481 e. The Bertz CT molecular complexity index is 761. The first-order chi connectivity index (χ1) is 31.7. The van der Waals surface area contributed by atoms with Gasteiger partial charge in [0.2, 0.25) is 0 Å². The molecular weight excluding hydrogens is 853 g/mol. The smallest absolute Gasteiger partial charge is 0.303 e. The molecule has 0 saturated carbocycles.